The topological polar surface area (TPSA) is 111 Å². The third kappa shape index (κ3) is 3.02. The van der Waals surface area contributed by atoms with E-state index in [1.807, 2.05) is 22.6 Å². The summed E-state index contributed by atoms with van der Waals surface area (Å²) in [4.78, 5) is 16.1. The van der Waals surface area contributed by atoms with Gasteiger partial charge in [-0.2, -0.15) is 0 Å². The summed E-state index contributed by atoms with van der Waals surface area (Å²) in [5, 5.41) is 39.0. The van der Waals surface area contributed by atoms with Crippen molar-refractivity contribution >= 4 is 46.1 Å². The third-order valence-electron chi connectivity index (χ3n) is 3.24. The Morgan fingerprint density at radius 2 is 1.75 bits per heavy atom. The van der Waals surface area contributed by atoms with Crippen molar-refractivity contribution < 1.29 is 20.4 Å². The lowest BCUT2D eigenvalue weighted by Gasteiger charge is -2.07. The highest BCUT2D eigenvalue weighted by Gasteiger charge is 2.16. The SMILES string of the molecule is O=c1c(O)cc2cnc(/C=C/c3cc(O)c(O)c(I)c3)sc-2c1O. The van der Waals surface area contributed by atoms with E-state index in [1.54, 1.807) is 18.2 Å². The molecule has 2 aliphatic rings. The van der Waals surface area contributed by atoms with Gasteiger partial charge in [-0.3, -0.25) is 4.79 Å². The van der Waals surface area contributed by atoms with Crippen LogP contribution in [0.3, 0.4) is 0 Å². The zero-order valence-electron chi connectivity index (χ0n) is 11.9. The summed E-state index contributed by atoms with van der Waals surface area (Å²) >= 11 is 3.00. The van der Waals surface area contributed by atoms with Crippen LogP contribution in [-0.4, -0.2) is 25.4 Å². The number of aromatic hydroxyl groups is 4. The molecule has 0 saturated heterocycles. The van der Waals surface area contributed by atoms with Crippen LogP contribution in [-0.2, 0) is 0 Å². The fourth-order valence-electron chi connectivity index (χ4n) is 2.05. The van der Waals surface area contributed by atoms with E-state index in [0.29, 0.717) is 24.6 Å². The Bertz CT molecular complexity index is 975. The van der Waals surface area contributed by atoms with E-state index >= 15 is 0 Å². The van der Waals surface area contributed by atoms with E-state index in [-0.39, 0.29) is 11.5 Å². The van der Waals surface area contributed by atoms with E-state index in [9.17, 15) is 25.2 Å². The van der Waals surface area contributed by atoms with Gasteiger partial charge in [0.05, 0.1) is 8.45 Å². The van der Waals surface area contributed by atoms with Gasteiger partial charge in [-0.25, -0.2) is 4.98 Å². The number of benzene rings is 2. The van der Waals surface area contributed by atoms with E-state index in [2.05, 4.69) is 4.98 Å². The molecule has 0 fully saturated rings. The van der Waals surface area contributed by atoms with Gasteiger partial charge in [0.15, 0.2) is 23.0 Å². The Morgan fingerprint density at radius 1 is 1.00 bits per heavy atom. The van der Waals surface area contributed by atoms with Gasteiger partial charge in [0.1, 0.15) is 5.01 Å². The Balaban J connectivity index is 2.02. The normalized spacial score (nSPS) is 11.4. The molecule has 0 saturated carbocycles. The fraction of sp³-hybridized carbons (Fsp3) is 0. The number of nitrogens with zero attached hydrogens (tertiary/aromatic N) is 1. The first-order valence-corrected chi connectivity index (χ1v) is 8.50. The molecule has 0 unspecified atom stereocenters. The number of aromatic nitrogens is 1. The summed E-state index contributed by atoms with van der Waals surface area (Å²) in [6, 6.07) is 4.35. The van der Waals surface area contributed by atoms with Crippen LogP contribution >= 0.6 is 33.9 Å². The number of fused-ring (bicyclic) bond motifs is 1. The van der Waals surface area contributed by atoms with E-state index in [0.717, 1.165) is 11.3 Å². The summed E-state index contributed by atoms with van der Waals surface area (Å²) in [5.74, 6) is -1.43. The van der Waals surface area contributed by atoms with E-state index in [1.165, 1.54) is 18.3 Å². The standard InChI is InChI=1S/C16H10INO5S/c17-9-3-7(4-10(19)13(9)21)1-2-12-18-6-8-5-11(20)14(22)15(23)16(8)24-12/h1-6,19-21,23H/b2-1+. The number of phenols is 4. The molecule has 1 aliphatic heterocycles. The van der Waals surface area contributed by atoms with Crippen molar-refractivity contribution in [3.05, 3.63) is 48.8 Å². The molecule has 0 bridgehead atoms. The number of halogens is 1. The van der Waals surface area contributed by atoms with Gasteiger partial charge in [0.2, 0.25) is 0 Å². The molecular weight excluding hydrogens is 445 g/mol. The van der Waals surface area contributed by atoms with Crippen LogP contribution in [0.15, 0.2) is 29.2 Å². The number of rotatable bonds is 2. The summed E-state index contributed by atoms with van der Waals surface area (Å²) in [6.07, 6.45) is 4.78. The number of phenolic OH excluding ortho intramolecular Hbond substituents is 4. The smallest absolute Gasteiger partial charge is 0.263 e. The highest BCUT2D eigenvalue weighted by molar-refractivity contribution is 14.1. The molecule has 1 heterocycles. The average Bonchev–Trinajstić information content (AvgIpc) is 2.56. The summed E-state index contributed by atoms with van der Waals surface area (Å²) in [5.41, 5.74) is 0.296. The summed E-state index contributed by atoms with van der Waals surface area (Å²) < 4.78 is 0.506. The molecule has 0 amide bonds. The van der Waals surface area contributed by atoms with Gasteiger partial charge in [0.25, 0.3) is 5.43 Å². The zero-order chi connectivity index (χ0) is 17.4. The maximum Gasteiger partial charge on any atom is 0.263 e. The minimum absolute atomic E-state index is 0.174. The Hall–Kier alpha value is -2.33. The highest BCUT2D eigenvalue weighted by atomic mass is 127. The first kappa shape index (κ1) is 16.5. The summed E-state index contributed by atoms with van der Waals surface area (Å²) in [7, 11) is 0. The van der Waals surface area contributed by atoms with E-state index < -0.39 is 16.9 Å². The van der Waals surface area contributed by atoms with Crippen LogP contribution in [0.25, 0.3) is 22.6 Å². The molecule has 0 aromatic heterocycles. The maximum atomic E-state index is 11.6. The Kier molecular flexibility index (Phi) is 4.33. The molecule has 3 rings (SSSR count). The average molecular weight is 455 g/mol. The second-order valence-electron chi connectivity index (χ2n) is 4.89. The van der Waals surface area contributed by atoms with Crippen LogP contribution in [0.1, 0.15) is 10.6 Å². The summed E-state index contributed by atoms with van der Waals surface area (Å²) in [6.45, 7) is 0. The first-order chi connectivity index (χ1) is 11.4. The number of hydrogen-bond acceptors (Lipinski definition) is 7. The van der Waals surface area contributed by atoms with Gasteiger partial charge < -0.3 is 20.4 Å². The second-order valence-corrected chi connectivity index (χ2v) is 7.09. The molecule has 0 radical (unpaired) electrons. The molecule has 6 nitrogen and oxygen atoms in total. The molecule has 122 valence electrons. The molecule has 1 aromatic carbocycles. The first-order valence-electron chi connectivity index (χ1n) is 6.61. The van der Waals surface area contributed by atoms with Crippen molar-refractivity contribution in [3.63, 3.8) is 0 Å². The maximum absolute atomic E-state index is 11.6. The van der Waals surface area contributed by atoms with Crippen molar-refractivity contribution in [2.24, 2.45) is 0 Å². The van der Waals surface area contributed by atoms with Crippen LogP contribution in [0.4, 0.5) is 0 Å². The molecule has 4 N–H and O–H groups in total. The molecule has 1 aliphatic carbocycles. The Morgan fingerprint density at radius 3 is 2.46 bits per heavy atom. The minimum atomic E-state index is -0.821. The molecule has 1 aromatic rings. The van der Waals surface area contributed by atoms with Crippen molar-refractivity contribution in [3.8, 4) is 33.4 Å². The lowest BCUT2D eigenvalue weighted by Crippen LogP contribution is -2.01. The van der Waals surface area contributed by atoms with Crippen molar-refractivity contribution in [1.82, 2.24) is 4.98 Å². The van der Waals surface area contributed by atoms with Crippen molar-refractivity contribution in [1.29, 1.82) is 0 Å². The van der Waals surface area contributed by atoms with Crippen LogP contribution in [0.2, 0.25) is 0 Å². The predicted molar refractivity (Wildman–Crippen MR) is 99.8 cm³/mol. The quantitative estimate of drug-likeness (QED) is 0.349. The van der Waals surface area contributed by atoms with Gasteiger partial charge >= 0.3 is 0 Å². The molecule has 8 heteroatoms. The lowest BCUT2D eigenvalue weighted by molar-refractivity contribution is 0.401. The van der Waals surface area contributed by atoms with Gasteiger partial charge in [-0.05, 0) is 52.4 Å². The predicted octanol–water partition coefficient (Wildman–Crippen LogP) is 3.21. The Labute approximate surface area is 153 Å². The monoisotopic (exact) mass is 455 g/mol. The molecule has 24 heavy (non-hydrogen) atoms. The lowest BCUT2D eigenvalue weighted by atomic mass is 10.1. The van der Waals surface area contributed by atoms with Crippen LogP contribution < -0.4 is 5.43 Å². The second kappa shape index (κ2) is 6.29. The largest absolute Gasteiger partial charge is 0.504 e. The van der Waals surface area contributed by atoms with Crippen LogP contribution in [0, 0.1) is 3.57 Å². The number of hydrogen-bond donors (Lipinski definition) is 4. The van der Waals surface area contributed by atoms with Crippen molar-refractivity contribution in [2.45, 2.75) is 0 Å². The van der Waals surface area contributed by atoms with Gasteiger partial charge in [0, 0.05) is 11.8 Å². The third-order valence-corrected chi connectivity index (χ3v) is 5.14. The molecule has 0 atom stereocenters. The zero-order valence-corrected chi connectivity index (χ0v) is 14.9. The van der Waals surface area contributed by atoms with Crippen LogP contribution in [0.5, 0.6) is 23.0 Å². The van der Waals surface area contributed by atoms with Crippen molar-refractivity contribution in [2.75, 3.05) is 0 Å². The highest BCUT2D eigenvalue weighted by Crippen LogP contribution is 2.36. The van der Waals surface area contributed by atoms with Gasteiger partial charge in [-0.15, -0.1) is 11.3 Å². The molecule has 0 spiro atoms. The van der Waals surface area contributed by atoms with Gasteiger partial charge in [-0.1, -0.05) is 6.08 Å². The fourth-order valence-corrected chi connectivity index (χ4v) is 3.56. The minimum Gasteiger partial charge on any atom is -0.504 e. The van der Waals surface area contributed by atoms with E-state index in [4.69, 9.17) is 0 Å². The molecular formula is C16H10INO5S.